The molecule has 0 aromatic heterocycles. The van der Waals surface area contributed by atoms with Crippen molar-refractivity contribution in [2.75, 3.05) is 13.1 Å². The first-order chi connectivity index (χ1) is 16.0. The minimum atomic E-state index is -0.578. The van der Waals surface area contributed by atoms with Crippen LogP contribution < -0.4 is 10.1 Å². The summed E-state index contributed by atoms with van der Waals surface area (Å²) in [5.74, 6) is 0.571. The van der Waals surface area contributed by atoms with Crippen LogP contribution in [-0.2, 0) is 17.8 Å². The highest BCUT2D eigenvalue weighted by Crippen LogP contribution is 2.38. The van der Waals surface area contributed by atoms with E-state index in [-0.39, 0.29) is 11.9 Å². The third-order valence-electron chi connectivity index (χ3n) is 6.17. The molecule has 4 nitrogen and oxygen atoms in total. The molecule has 1 amide bonds. The normalized spacial score (nSPS) is 16.5. The van der Waals surface area contributed by atoms with Crippen LogP contribution in [0, 0.1) is 6.92 Å². The Labute approximate surface area is 196 Å². The number of hydrogen-bond acceptors (Lipinski definition) is 3. The highest BCUT2D eigenvalue weighted by molar-refractivity contribution is 5.80. The van der Waals surface area contributed by atoms with Crippen molar-refractivity contribution in [1.29, 1.82) is 0 Å². The van der Waals surface area contributed by atoms with Gasteiger partial charge in [-0.3, -0.25) is 9.69 Å². The van der Waals surface area contributed by atoms with Crippen LogP contribution in [0.15, 0.2) is 85.5 Å². The van der Waals surface area contributed by atoms with Gasteiger partial charge < -0.3 is 10.1 Å². The number of hydrogen-bond donors (Lipinski definition) is 1. The smallest absolute Gasteiger partial charge is 0.261 e. The van der Waals surface area contributed by atoms with Crippen LogP contribution in [-0.4, -0.2) is 30.0 Å². The Bertz CT molecular complexity index is 1090. The van der Waals surface area contributed by atoms with Crippen LogP contribution in [0.25, 0.3) is 0 Å². The molecule has 0 bridgehead atoms. The lowest BCUT2D eigenvalue weighted by molar-refractivity contribution is -0.127. The molecule has 3 aromatic rings. The van der Waals surface area contributed by atoms with Crippen molar-refractivity contribution < 1.29 is 9.53 Å². The van der Waals surface area contributed by atoms with Crippen molar-refractivity contribution in [3.63, 3.8) is 0 Å². The molecule has 1 N–H and O–H groups in total. The van der Waals surface area contributed by atoms with Crippen LogP contribution >= 0.6 is 0 Å². The zero-order chi connectivity index (χ0) is 23.2. The van der Waals surface area contributed by atoms with Crippen LogP contribution in [0.3, 0.4) is 0 Å². The quantitative estimate of drug-likeness (QED) is 0.489. The Morgan fingerprint density at radius 3 is 2.64 bits per heavy atom. The number of nitrogens with one attached hydrogen (secondary N) is 1. The fourth-order valence-electron chi connectivity index (χ4n) is 4.42. The molecule has 3 aromatic carbocycles. The van der Waals surface area contributed by atoms with Crippen molar-refractivity contribution in [1.82, 2.24) is 10.2 Å². The van der Waals surface area contributed by atoms with Gasteiger partial charge >= 0.3 is 0 Å². The van der Waals surface area contributed by atoms with E-state index in [1.165, 1.54) is 27.8 Å². The molecule has 0 saturated carbocycles. The van der Waals surface area contributed by atoms with E-state index in [0.29, 0.717) is 12.3 Å². The highest BCUT2D eigenvalue weighted by Gasteiger charge is 2.29. The largest absolute Gasteiger partial charge is 0.481 e. The molecular weight excluding hydrogens is 408 g/mol. The Balaban J connectivity index is 1.63. The minimum Gasteiger partial charge on any atom is -0.481 e. The van der Waals surface area contributed by atoms with Gasteiger partial charge in [-0.05, 0) is 54.7 Å². The summed E-state index contributed by atoms with van der Waals surface area (Å²) in [5.41, 5.74) is 6.43. The molecule has 4 rings (SSSR count). The summed E-state index contributed by atoms with van der Waals surface area (Å²) < 4.78 is 6.03. The molecule has 170 valence electrons. The Morgan fingerprint density at radius 1 is 1.15 bits per heavy atom. The van der Waals surface area contributed by atoms with Crippen molar-refractivity contribution >= 4 is 5.91 Å². The number of fused-ring (bicyclic) bond motifs is 1. The average Bonchev–Trinajstić information content (AvgIpc) is 2.84. The number of aryl methyl sites for hydroxylation is 1. The van der Waals surface area contributed by atoms with Gasteiger partial charge in [0.2, 0.25) is 0 Å². The first-order valence-electron chi connectivity index (χ1n) is 11.6. The highest BCUT2D eigenvalue weighted by atomic mass is 16.5. The second-order valence-corrected chi connectivity index (χ2v) is 8.67. The number of amides is 1. The lowest BCUT2D eigenvalue weighted by Gasteiger charge is -2.38. The van der Waals surface area contributed by atoms with Crippen molar-refractivity contribution in [2.24, 2.45) is 0 Å². The van der Waals surface area contributed by atoms with Crippen LogP contribution in [0.2, 0.25) is 0 Å². The van der Waals surface area contributed by atoms with Crippen LogP contribution in [0.1, 0.15) is 40.8 Å². The van der Waals surface area contributed by atoms with Gasteiger partial charge in [0.15, 0.2) is 6.10 Å². The van der Waals surface area contributed by atoms with E-state index in [9.17, 15) is 4.79 Å². The molecule has 0 saturated heterocycles. The SMILES string of the molecule is C=CCNC(=O)[C@H](C)Oc1ccc2c(c1)[C@@H](c1ccccc1)N(Cc1ccc(C)cc1)CC2. The molecule has 33 heavy (non-hydrogen) atoms. The van der Waals surface area contributed by atoms with Crippen LogP contribution in [0.4, 0.5) is 0 Å². The molecule has 0 aliphatic carbocycles. The molecule has 0 unspecified atom stereocenters. The molecule has 1 heterocycles. The molecule has 1 aliphatic heterocycles. The maximum Gasteiger partial charge on any atom is 0.261 e. The third kappa shape index (κ3) is 5.52. The zero-order valence-electron chi connectivity index (χ0n) is 19.5. The fourth-order valence-corrected chi connectivity index (χ4v) is 4.42. The van der Waals surface area contributed by atoms with Gasteiger partial charge in [-0.15, -0.1) is 6.58 Å². The molecule has 0 fully saturated rings. The predicted molar refractivity (Wildman–Crippen MR) is 133 cm³/mol. The minimum absolute atomic E-state index is 0.129. The topological polar surface area (TPSA) is 41.6 Å². The maximum absolute atomic E-state index is 12.3. The molecular formula is C29H32N2O2. The predicted octanol–water partition coefficient (Wildman–Crippen LogP) is 5.21. The lowest BCUT2D eigenvalue weighted by Crippen LogP contribution is -2.37. The van der Waals surface area contributed by atoms with Gasteiger partial charge in [0.1, 0.15) is 5.75 Å². The van der Waals surface area contributed by atoms with Crippen molar-refractivity contribution in [3.8, 4) is 5.75 Å². The van der Waals surface area contributed by atoms with Gasteiger partial charge in [0.05, 0.1) is 6.04 Å². The Kier molecular flexibility index (Phi) is 7.26. The molecule has 1 aliphatic rings. The zero-order valence-corrected chi connectivity index (χ0v) is 19.5. The first kappa shape index (κ1) is 22.8. The summed E-state index contributed by atoms with van der Waals surface area (Å²) >= 11 is 0. The summed E-state index contributed by atoms with van der Waals surface area (Å²) in [4.78, 5) is 14.8. The first-order valence-corrected chi connectivity index (χ1v) is 11.6. The number of nitrogens with zero attached hydrogens (tertiary/aromatic N) is 1. The van der Waals surface area contributed by atoms with Gasteiger partial charge in [-0.1, -0.05) is 72.3 Å². The molecule has 4 heteroatoms. The summed E-state index contributed by atoms with van der Waals surface area (Å²) in [5, 5.41) is 2.80. The fraction of sp³-hybridized carbons (Fsp3) is 0.276. The standard InChI is InChI=1S/C29H32N2O2/c1-4-17-30-29(32)22(3)33-26-15-14-24-16-18-31(20-23-12-10-21(2)11-13-23)28(27(24)19-26)25-8-6-5-7-9-25/h4-15,19,22,28H,1,16-18,20H2,2-3H3,(H,30,32)/t22-,28+/m0/s1. The Hall–Kier alpha value is -3.37. The molecule has 2 atom stereocenters. The number of carbonyl (C=O) groups excluding carboxylic acids is 1. The second kappa shape index (κ2) is 10.5. The number of carbonyl (C=O) groups is 1. The van der Waals surface area contributed by atoms with Gasteiger partial charge in [-0.25, -0.2) is 0 Å². The van der Waals surface area contributed by atoms with E-state index in [0.717, 1.165) is 19.5 Å². The summed E-state index contributed by atoms with van der Waals surface area (Å²) in [6, 6.07) is 25.8. The summed E-state index contributed by atoms with van der Waals surface area (Å²) in [6.45, 7) is 9.83. The Morgan fingerprint density at radius 2 is 1.91 bits per heavy atom. The van der Waals surface area contributed by atoms with E-state index in [4.69, 9.17) is 4.74 Å². The van der Waals surface area contributed by atoms with Crippen LogP contribution in [0.5, 0.6) is 5.75 Å². The van der Waals surface area contributed by atoms with Gasteiger partial charge in [-0.2, -0.15) is 0 Å². The summed E-state index contributed by atoms with van der Waals surface area (Å²) in [6.07, 6.45) is 2.07. The summed E-state index contributed by atoms with van der Waals surface area (Å²) in [7, 11) is 0. The number of benzene rings is 3. The van der Waals surface area contributed by atoms with E-state index in [1.54, 1.807) is 13.0 Å². The lowest BCUT2D eigenvalue weighted by atomic mass is 9.87. The van der Waals surface area contributed by atoms with E-state index in [1.807, 2.05) is 6.07 Å². The number of ether oxygens (including phenoxy) is 1. The monoisotopic (exact) mass is 440 g/mol. The van der Waals surface area contributed by atoms with Gasteiger partial charge in [0, 0.05) is 19.6 Å². The van der Waals surface area contributed by atoms with E-state index >= 15 is 0 Å². The van der Waals surface area contributed by atoms with E-state index in [2.05, 4.69) is 90.4 Å². The van der Waals surface area contributed by atoms with Crippen molar-refractivity contribution in [3.05, 3.63) is 113 Å². The van der Waals surface area contributed by atoms with Crippen molar-refractivity contribution in [2.45, 2.75) is 39.0 Å². The van der Waals surface area contributed by atoms with Gasteiger partial charge in [0.25, 0.3) is 5.91 Å². The second-order valence-electron chi connectivity index (χ2n) is 8.67. The number of rotatable bonds is 8. The third-order valence-corrected chi connectivity index (χ3v) is 6.17. The molecule has 0 spiro atoms. The molecule has 0 radical (unpaired) electrons. The van der Waals surface area contributed by atoms with E-state index < -0.39 is 6.10 Å². The average molecular weight is 441 g/mol. The maximum atomic E-state index is 12.3.